The highest BCUT2D eigenvalue weighted by Gasteiger charge is 2.26. The average molecular weight is 294 g/mol. The SMILES string of the molecule is CC1(C)CCC(C=O)CC1.COC=C1CCC(C)(C)CC1. The van der Waals surface area contributed by atoms with E-state index in [1.165, 1.54) is 44.1 Å². The quantitative estimate of drug-likeness (QED) is 0.495. The van der Waals surface area contributed by atoms with Crippen molar-refractivity contribution in [2.45, 2.75) is 79.1 Å². The molecule has 2 saturated carbocycles. The topological polar surface area (TPSA) is 26.3 Å². The molecule has 0 aromatic heterocycles. The Hall–Kier alpha value is -0.790. The van der Waals surface area contributed by atoms with E-state index >= 15 is 0 Å². The number of allylic oxidation sites excluding steroid dienone is 1. The molecule has 2 rings (SSSR count). The average Bonchev–Trinajstić information content (AvgIpc) is 2.42. The molecule has 0 spiro atoms. The molecule has 0 heterocycles. The summed E-state index contributed by atoms with van der Waals surface area (Å²) in [6, 6.07) is 0. The fourth-order valence-electron chi connectivity index (χ4n) is 3.09. The maximum Gasteiger partial charge on any atom is 0.123 e. The Morgan fingerprint density at radius 1 is 0.952 bits per heavy atom. The van der Waals surface area contributed by atoms with Crippen LogP contribution in [0.2, 0.25) is 0 Å². The molecule has 0 unspecified atom stereocenters. The molecule has 0 saturated heterocycles. The van der Waals surface area contributed by atoms with E-state index < -0.39 is 0 Å². The molecule has 122 valence electrons. The van der Waals surface area contributed by atoms with Gasteiger partial charge in [-0.15, -0.1) is 0 Å². The van der Waals surface area contributed by atoms with E-state index in [9.17, 15) is 4.79 Å². The van der Waals surface area contributed by atoms with Gasteiger partial charge in [0.2, 0.25) is 0 Å². The summed E-state index contributed by atoms with van der Waals surface area (Å²) < 4.78 is 4.99. The van der Waals surface area contributed by atoms with Crippen LogP contribution >= 0.6 is 0 Å². The number of hydrogen-bond acceptors (Lipinski definition) is 2. The van der Waals surface area contributed by atoms with Crippen molar-refractivity contribution >= 4 is 6.29 Å². The number of carbonyl (C=O) groups excluding carboxylic acids is 1. The molecule has 0 aliphatic heterocycles. The van der Waals surface area contributed by atoms with Gasteiger partial charge in [-0.25, -0.2) is 0 Å². The van der Waals surface area contributed by atoms with Gasteiger partial charge in [0.1, 0.15) is 6.29 Å². The van der Waals surface area contributed by atoms with Crippen molar-refractivity contribution in [2.24, 2.45) is 16.7 Å². The van der Waals surface area contributed by atoms with Crippen LogP contribution in [0.1, 0.15) is 79.1 Å². The number of ether oxygens (including phenoxy) is 1. The zero-order valence-electron chi connectivity index (χ0n) is 14.7. The van der Waals surface area contributed by atoms with Crippen LogP contribution in [0.5, 0.6) is 0 Å². The van der Waals surface area contributed by atoms with Gasteiger partial charge in [-0.3, -0.25) is 0 Å². The predicted molar refractivity (Wildman–Crippen MR) is 89.1 cm³/mol. The van der Waals surface area contributed by atoms with E-state index in [-0.39, 0.29) is 0 Å². The fraction of sp³-hybridized carbons (Fsp3) is 0.842. The van der Waals surface area contributed by atoms with Gasteiger partial charge < -0.3 is 9.53 Å². The Morgan fingerprint density at radius 3 is 1.86 bits per heavy atom. The lowest BCUT2D eigenvalue weighted by Gasteiger charge is -2.31. The third-order valence-corrected chi connectivity index (χ3v) is 5.11. The van der Waals surface area contributed by atoms with Gasteiger partial charge in [0.25, 0.3) is 0 Å². The van der Waals surface area contributed by atoms with Crippen LogP contribution in [0.25, 0.3) is 0 Å². The zero-order valence-corrected chi connectivity index (χ0v) is 14.7. The molecule has 0 radical (unpaired) electrons. The highest BCUT2D eigenvalue weighted by molar-refractivity contribution is 5.53. The molecule has 2 aliphatic carbocycles. The molecule has 2 fully saturated rings. The van der Waals surface area contributed by atoms with Crippen LogP contribution in [0.4, 0.5) is 0 Å². The van der Waals surface area contributed by atoms with E-state index in [1.807, 2.05) is 6.26 Å². The highest BCUT2D eigenvalue weighted by Crippen LogP contribution is 2.38. The lowest BCUT2D eigenvalue weighted by Crippen LogP contribution is -2.21. The molecule has 0 atom stereocenters. The number of rotatable bonds is 2. The lowest BCUT2D eigenvalue weighted by molar-refractivity contribution is -0.112. The summed E-state index contributed by atoms with van der Waals surface area (Å²) in [7, 11) is 1.73. The van der Waals surface area contributed by atoms with Gasteiger partial charge in [0, 0.05) is 5.92 Å². The Kier molecular flexibility index (Phi) is 6.96. The molecule has 0 aromatic carbocycles. The number of methoxy groups -OCH3 is 1. The lowest BCUT2D eigenvalue weighted by atomic mass is 9.74. The second kappa shape index (κ2) is 8.00. The van der Waals surface area contributed by atoms with Crippen molar-refractivity contribution < 1.29 is 9.53 Å². The second-order valence-electron chi connectivity index (χ2n) is 8.31. The van der Waals surface area contributed by atoms with Crippen LogP contribution in [0.15, 0.2) is 11.8 Å². The monoisotopic (exact) mass is 294 g/mol. The van der Waals surface area contributed by atoms with E-state index in [2.05, 4.69) is 27.7 Å². The minimum absolute atomic E-state index is 0.369. The summed E-state index contributed by atoms with van der Waals surface area (Å²) in [6.45, 7) is 9.26. The number of aldehydes is 1. The van der Waals surface area contributed by atoms with Gasteiger partial charge in [-0.1, -0.05) is 27.7 Å². The van der Waals surface area contributed by atoms with Gasteiger partial charge in [0.15, 0.2) is 0 Å². The molecule has 0 bridgehead atoms. The molecule has 2 aliphatic rings. The Bertz CT molecular complexity index is 331. The third-order valence-electron chi connectivity index (χ3n) is 5.11. The normalized spacial score (nSPS) is 24.5. The van der Waals surface area contributed by atoms with Crippen LogP contribution < -0.4 is 0 Å². The Labute approximate surface area is 131 Å². The van der Waals surface area contributed by atoms with Crippen molar-refractivity contribution in [3.8, 4) is 0 Å². The standard InChI is InChI=1S/C10H18O.C9H16O/c1-10(2)6-4-9(5-7-10)8-11-3;1-9(2)5-3-8(7-10)4-6-9/h8H,4-7H2,1-3H3;7-8H,3-6H2,1-2H3. The van der Waals surface area contributed by atoms with Gasteiger partial charge >= 0.3 is 0 Å². The first-order valence-corrected chi connectivity index (χ1v) is 8.44. The molecule has 0 amide bonds. The maximum atomic E-state index is 10.4. The summed E-state index contributed by atoms with van der Waals surface area (Å²) in [5, 5.41) is 0. The van der Waals surface area contributed by atoms with E-state index in [0.717, 1.165) is 19.1 Å². The van der Waals surface area contributed by atoms with Gasteiger partial charge in [0.05, 0.1) is 13.4 Å². The van der Waals surface area contributed by atoms with Crippen LogP contribution in [0.3, 0.4) is 0 Å². The second-order valence-corrected chi connectivity index (χ2v) is 8.31. The van der Waals surface area contributed by atoms with Crippen LogP contribution in [-0.2, 0) is 9.53 Å². The smallest absolute Gasteiger partial charge is 0.123 e. The first kappa shape index (κ1) is 18.3. The predicted octanol–water partition coefficient (Wildman–Crippen LogP) is 5.52. The van der Waals surface area contributed by atoms with E-state index in [0.29, 0.717) is 16.7 Å². The number of carbonyl (C=O) groups is 1. The summed E-state index contributed by atoms with van der Waals surface area (Å²) >= 11 is 0. The van der Waals surface area contributed by atoms with Crippen molar-refractivity contribution in [3.63, 3.8) is 0 Å². The highest BCUT2D eigenvalue weighted by atomic mass is 16.5. The van der Waals surface area contributed by atoms with Gasteiger partial charge in [-0.05, 0) is 67.8 Å². The number of hydrogen-bond donors (Lipinski definition) is 0. The largest absolute Gasteiger partial charge is 0.504 e. The molecule has 2 nitrogen and oxygen atoms in total. The van der Waals surface area contributed by atoms with Crippen molar-refractivity contribution in [2.75, 3.05) is 7.11 Å². The van der Waals surface area contributed by atoms with Crippen molar-refractivity contribution in [1.82, 2.24) is 0 Å². The molecule has 2 heteroatoms. The molecular weight excluding hydrogens is 260 g/mol. The van der Waals surface area contributed by atoms with Crippen LogP contribution in [-0.4, -0.2) is 13.4 Å². The fourth-order valence-corrected chi connectivity index (χ4v) is 3.09. The molecule has 0 N–H and O–H groups in total. The Morgan fingerprint density at radius 2 is 1.43 bits per heavy atom. The van der Waals surface area contributed by atoms with E-state index in [1.54, 1.807) is 7.11 Å². The Balaban J connectivity index is 0.000000211. The summed E-state index contributed by atoms with van der Waals surface area (Å²) in [4.78, 5) is 10.4. The zero-order chi connectivity index (χ0) is 15.9. The minimum Gasteiger partial charge on any atom is -0.504 e. The van der Waals surface area contributed by atoms with Crippen LogP contribution in [0, 0.1) is 16.7 Å². The summed E-state index contributed by atoms with van der Waals surface area (Å²) in [6.07, 6.45) is 12.7. The van der Waals surface area contributed by atoms with Crippen molar-refractivity contribution in [3.05, 3.63) is 11.8 Å². The summed E-state index contributed by atoms with van der Waals surface area (Å²) in [5.74, 6) is 0.369. The van der Waals surface area contributed by atoms with E-state index in [4.69, 9.17) is 4.74 Å². The third kappa shape index (κ3) is 7.15. The minimum atomic E-state index is 0.369. The maximum absolute atomic E-state index is 10.4. The van der Waals surface area contributed by atoms with Gasteiger partial charge in [-0.2, -0.15) is 0 Å². The first-order valence-electron chi connectivity index (χ1n) is 8.44. The molecule has 0 aromatic rings. The summed E-state index contributed by atoms with van der Waals surface area (Å²) in [5.41, 5.74) is 2.54. The van der Waals surface area contributed by atoms with Crippen molar-refractivity contribution in [1.29, 1.82) is 0 Å². The molecular formula is C19H34O2. The molecule has 21 heavy (non-hydrogen) atoms. The first-order chi connectivity index (χ1) is 9.78.